The van der Waals surface area contributed by atoms with E-state index in [0.717, 1.165) is 35.8 Å². The van der Waals surface area contributed by atoms with E-state index < -0.39 is 6.10 Å². The summed E-state index contributed by atoms with van der Waals surface area (Å²) in [6.07, 6.45) is 2.00. The zero-order valence-electron chi connectivity index (χ0n) is 14.6. The van der Waals surface area contributed by atoms with Crippen LogP contribution in [0.25, 0.3) is 11.0 Å². The van der Waals surface area contributed by atoms with Crippen molar-refractivity contribution in [3.05, 3.63) is 39.7 Å². The predicted molar refractivity (Wildman–Crippen MR) is 92.5 cm³/mol. The molecule has 3 rings (SSSR count). The average molecular weight is 329 g/mol. The first kappa shape index (κ1) is 16.6. The van der Waals surface area contributed by atoms with Gasteiger partial charge in [-0.1, -0.05) is 0 Å². The lowest BCUT2D eigenvalue weighted by Crippen LogP contribution is -2.46. The fourth-order valence-electron chi connectivity index (χ4n) is 3.06. The van der Waals surface area contributed by atoms with Gasteiger partial charge in [-0.05, 0) is 70.7 Å². The van der Waals surface area contributed by atoms with Crippen LogP contribution in [0.1, 0.15) is 45.2 Å². The molecule has 0 saturated heterocycles. The second kappa shape index (κ2) is 5.96. The minimum atomic E-state index is -0.606. The standard InChI is InChI=1S/C19H23NO4/c1-11(17(21)20-19(2,3)4)23-12-8-9-16-15(10-12)13-6-5-7-14(13)18(22)24-16/h8-11H,5-7H2,1-4H3,(H,20,21). The number of aryl methyl sites for hydroxylation is 1. The first-order valence-electron chi connectivity index (χ1n) is 8.32. The first-order valence-corrected chi connectivity index (χ1v) is 8.32. The van der Waals surface area contributed by atoms with Gasteiger partial charge in [-0.15, -0.1) is 0 Å². The van der Waals surface area contributed by atoms with E-state index >= 15 is 0 Å². The molecule has 1 aromatic heterocycles. The third-order valence-corrected chi connectivity index (χ3v) is 4.12. The quantitative estimate of drug-likeness (QED) is 0.879. The van der Waals surface area contributed by atoms with Gasteiger partial charge < -0.3 is 14.5 Å². The maximum atomic E-state index is 12.2. The average Bonchev–Trinajstić information content (AvgIpc) is 2.96. The molecule has 0 aliphatic heterocycles. The molecule has 1 aliphatic carbocycles. The van der Waals surface area contributed by atoms with Crippen LogP contribution in [-0.4, -0.2) is 17.6 Å². The Morgan fingerprint density at radius 2 is 1.96 bits per heavy atom. The number of nitrogens with one attached hydrogen (secondary N) is 1. The molecule has 1 N–H and O–H groups in total. The molecule has 0 radical (unpaired) electrons. The molecule has 0 spiro atoms. The van der Waals surface area contributed by atoms with E-state index in [-0.39, 0.29) is 17.1 Å². The second-order valence-electron chi connectivity index (χ2n) is 7.36. The number of rotatable bonds is 3. The number of hydrogen-bond donors (Lipinski definition) is 1. The molecule has 2 aromatic rings. The van der Waals surface area contributed by atoms with E-state index in [1.807, 2.05) is 26.8 Å². The summed E-state index contributed by atoms with van der Waals surface area (Å²) >= 11 is 0. The summed E-state index contributed by atoms with van der Waals surface area (Å²) in [6.45, 7) is 7.51. The Labute approximate surface area is 141 Å². The first-order chi connectivity index (χ1) is 11.2. The molecular formula is C19H23NO4. The minimum Gasteiger partial charge on any atom is -0.481 e. The van der Waals surface area contributed by atoms with Crippen molar-refractivity contribution in [3.63, 3.8) is 0 Å². The Hall–Kier alpha value is -2.30. The van der Waals surface area contributed by atoms with Gasteiger partial charge in [0, 0.05) is 16.5 Å². The topological polar surface area (TPSA) is 68.5 Å². The van der Waals surface area contributed by atoms with Crippen LogP contribution >= 0.6 is 0 Å². The van der Waals surface area contributed by atoms with Crippen molar-refractivity contribution in [2.24, 2.45) is 0 Å². The molecule has 0 fully saturated rings. The molecule has 1 unspecified atom stereocenters. The van der Waals surface area contributed by atoms with Gasteiger partial charge >= 0.3 is 5.63 Å². The number of benzene rings is 1. The Morgan fingerprint density at radius 1 is 1.25 bits per heavy atom. The molecule has 128 valence electrons. The summed E-state index contributed by atoms with van der Waals surface area (Å²) in [5.41, 5.74) is 1.86. The van der Waals surface area contributed by atoms with E-state index in [4.69, 9.17) is 9.15 Å². The van der Waals surface area contributed by atoms with Crippen molar-refractivity contribution in [2.45, 2.75) is 58.6 Å². The highest BCUT2D eigenvalue weighted by Crippen LogP contribution is 2.30. The number of hydrogen-bond acceptors (Lipinski definition) is 4. The number of amides is 1. The molecule has 1 aromatic carbocycles. The molecule has 24 heavy (non-hydrogen) atoms. The van der Waals surface area contributed by atoms with E-state index in [2.05, 4.69) is 5.32 Å². The van der Waals surface area contributed by atoms with Crippen molar-refractivity contribution in [1.29, 1.82) is 0 Å². The Balaban J connectivity index is 1.88. The van der Waals surface area contributed by atoms with Crippen molar-refractivity contribution in [3.8, 4) is 5.75 Å². The number of carbonyl (C=O) groups excluding carboxylic acids is 1. The molecular weight excluding hydrogens is 306 g/mol. The van der Waals surface area contributed by atoms with E-state index in [1.165, 1.54) is 0 Å². The highest BCUT2D eigenvalue weighted by molar-refractivity contribution is 5.84. The number of fused-ring (bicyclic) bond motifs is 3. The van der Waals surface area contributed by atoms with Crippen LogP contribution < -0.4 is 15.7 Å². The Morgan fingerprint density at radius 3 is 2.67 bits per heavy atom. The zero-order valence-corrected chi connectivity index (χ0v) is 14.6. The smallest absolute Gasteiger partial charge is 0.339 e. The highest BCUT2D eigenvalue weighted by Gasteiger charge is 2.22. The van der Waals surface area contributed by atoms with Gasteiger partial charge in [0.05, 0.1) is 0 Å². The van der Waals surface area contributed by atoms with Gasteiger partial charge in [0.25, 0.3) is 5.91 Å². The molecule has 5 nitrogen and oxygen atoms in total. The third kappa shape index (κ3) is 3.30. The van der Waals surface area contributed by atoms with Gasteiger partial charge in [0.15, 0.2) is 6.10 Å². The van der Waals surface area contributed by atoms with Crippen molar-refractivity contribution < 1.29 is 13.9 Å². The van der Waals surface area contributed by atoms with Gasteiger partial charge in [-0.2, -0.15) is 0 Å². The van der Waals surface area contributed by atoms with Crippen LogP contribution in [0.2, 0.25) is 0 Å². The predicted octanol–water partition coefficient (Wildman–Crippen LogP) is 2.96. The summed E-state index contributed by atoms with van der Waals surface area (Å²) in [5, 5.41) is 3.81. The minimum absolute atomic E-state index is 0.160. The van der Waals surface area contributed by atoms with Gasteiger partial charge in [0.1, 0.15) is 11.3 Å². The van der Waals surface area contributed by atoms with Crippen molar-refractivity contribution in [2.75, 3.05) is 0 Å². The van der Waals surface area contributed by atoms with Crippen molar-refractivity contribution in [1.82, 2.24) is 5.32 Å². The lowest BCUT2D eigenvalue weighted by Gasteiger charge is -2.23. The van der Waals surface area contributed by atoms with Crippen LogP contribution in [0.5, 0.6) is 5.75 Å². The SMILES string of the molecule is CC(Oc1ccc2oc(=O)c3c(c2c1)CCC3)C(=O)NC(C)(C)C. The van der Waals surface area contributed by atoms with Gasteiger partial charge in [-0.3, -0.25) is 4.79 Å². The largest absolute Gasteiger partial charge is 0.481 e. The summed E-state index contributed by atoms with van der Waals surface area (Å²) in [4.78, 5) is 24.1. The van der Waals surface area contributed by atoms with Crippen molar-refractivity contribution >= 4 is 16.9 Å². The lowest BCUT2D eigenvalue weighted by molar-refractivity contribution is -0.128. The number of ether oxygens (including phenoxy) is 1. The van der Waals surface area contributed by atoms with Crippen LogP contribution in [-0.2, 0) is 17.6 Å². The van der Waals surface area contributed by atoms with E-state index in [1.54, 1.807) is 19.1 Å². The van der Waals surface area contributed by atoms with E-state index in [0.29, 0.717) is 11.3 Å². The monoisotopic (exact) mass is 329 g/mol. The molecule has 0 saturated carbocycles. The van der Waals surface area contributed by atoms with Crippen LogP contribution in [0.3, 0.4) is 0 Å². The molecule has 1 heterocycles. The molecule has 1 aliphatic rings. The third-order valence-electron chi connectivity index (χ3n) is 4.12. The highest BCUT2D eigenvalue weighted by atomic mass is 16.5. The summed E-state index contributed by atoms with van der Waals surface area (Å²) in [7, 11) is 0. The second-order valence-corrected chi connectivity index (χ2v) is 7.36. The number of carbonyl (C=O) groups is 1. The maximum Gasteiger partial charge on any atom is 0.339 e. The van der Waals surface area contributed by atoms with Gasteiger partial charge in [-0.25, -0.2) is 4.79 Å². The molecule has 0 bridgehead atoms. The summed E-state index contributed by atoms with van der Waals surface area (Å²) < 4.78 is 11.2. The Kier molecular flexibility index (Phi) is 4.11. The molecule has 5 heteroatoms. The fraction of sp³-hybridized carbons (Fsp3) is 0.474. The molecule has 1 atom stereocenters. The van der Waals surface area contributed by atoms with E-state index in [9.17, 15) is 9.59 Å². The zero-order chi connectivity index (χ0) is 17.5. The van der Waals surface area contributed by atoms with Crippen LogP contribution in [0.4, 0.5) is 0 Å². The van der Waals surface area contributed by atoms with Gasteiger partial charge in [0.2, 0.25) is 0 Å². The Bertz CT molecular complexity index is 845. The van der Waals surface area contributed by atoms with Crippen LogP contribution in [0, 0.1) is 0 Å². The summed E-state index contributed by atoms with van der Waals surface area (Å²) in [6, 6.07) is 5.33. The maximum absolute atomic E-state index is 12.2. The summed E-state index contributed by atoms with van der Waals surface area (Å²) in [5.74, 6) is 0.439. The normalized spacial score (nSPS) is 15.2. The van der Waals surface area contributed by atoms with Crippen LogP contribution in [0.15, 0.2) is 27.4 Å². The lowest BCUT2D eigenvalue weighted by atomic mass is 10.1. The molecule has 1 amide bonds. The fourth-order valence-corrected chi connectivity index (χ4v) is 3.06.